The largest absolute Gasteiger partial charge is 0.343 e. The molecule has 2 aliphatic heterocycles. The first-order chi connectivity index (χ1) is 12.9. The van der Waals surface area contributed by atoms with Gasteiger partial charge in [-0.3, -0.25) is 14.6 Å². The van der Waals surface area contributed by atoms with Gasteiger partial charge in [-0.05, 0) is 31.8 Å². The molecule has 0 aromatic carbocycles. The van der Waals surface area contributed by atoms with Gasteiger partial charge < -0.3 is 9.80 Å². The summed E-state index contributed by atoms with van der Waals surface area (Å²) in [5, 5.41) is 4.42. The third-order valence-electron chi connectivity index (χ3n) is 5.58. The Balaban J connectivity index is 1.59. The molecule has 27 heavy (non-hydrogen) atoms. The maximum absolute atomic E-state index is 12.9. The number of hydrogen-bond acceptors (Lipinski definition) is 4. The topological polar surface area (TPSA) is 91.3 Å². The van der Waals surface area contributed by atoms with Gasteiger partial charge in [0.1, 0.15) is 5.82 Å². The van der Waals surface area contributed by atoms with Gasteiger partial charge in [0.05, 0.1) is 12.0 Å². The quantitative estimate of drug-likeness (QED) is 0.803. The fourth-order valence-electron chi connectivity index (χ4n) is 3.96. The highest BCUT2D eigenvalue weighted by Gasteiger charge is 2.33. The Labute approximate surface area is 159 Å². The standard InChI is InChI=1S/C19H29N5O3/c1-4-16(25)23-9-5-6-14(12-23)18(26)22-10-7-15(8-11-22)24-19(27)20-17(21-24)13(2)3/h4,13-15H,1,5-12H2,2-3H3,(H,20,21,27). The second kappa shape index (κ2) is 8.10. The molecule has 0 aliphatic carbocycles. The summed E-state index contributed by atoms with van der Waals surface area (Å²) in [4.78, 5) is 43.3. The lowest BCUT2D eigenvalue weighted by Gasteiger charge is -2.37. The Morgan fingerprint density at radius 3 is 2.48 bits per heavy atom. The van der Waals surface area contributed by atoms with Crippen molar-refractivity contribution < 1.29 is 9.59 Å². The summed E-state index contributed by atoms with van der Waals surface area (Å²) in [6.45, 7) is 9.92. The van der Waals surface area contributed by atoms with Gasteiger partial charge in [0.15, 0.2) is 0 Å². The lowest BCUT2D eigenvalue weighted by atomic mass is 9.95. The summed E-state index contributed by atoms with van der Waals surface area (Å²) in [6.07, 6.45) is 4.40. The minimum atomic E-state index is -0.172. The van der Waals surface area contributed by atoms with Crippen LogP contribution in [-0.4, -0.2) is 62.6 Å². The van der Waals surface area contributed by atoms with E-state index >= 15 is 0 Å². The van der Waals surface area contributed by atoms with Crippen molar-refractivity contribution in [3.63, 3.8) is 0 Å². The summed E-state index contributed by atoms with van der Waals surface area (Å²) in [5.41, 5.74) is -0.172. The van der Waals surface area contributed by atoms with Gasteiger partial charge in [0, 0.05) is 32.1 Å². The zero-order chi connectivity index (χ0) is 19.6. The molecule has 3 rings (SSSR count). The molecule has 2 amide bonds. The van der Waals surface area contributed by atoms with E-state index < -0.39 is 0 Å². The number of amides is 2. The van der Waals surface area contributed by atoms with E-state index in [-0.39, 0.29) is 35.4 Å². The molecule has 1 atom stereocenters. The van der Waals surface area contributed by atoms with Gasteiger partial charge in [-0.25, -0.2) is 9.48 Å². The van der Waals surface area contributed by atoms with Crippen LogP contribution in [0.3, 0.4) is 0 Å². The number of nitrogens with one attached hydrogen (secondary N) is 1. The number of H-pyrrole nitrogens is 1. The van der Waals surface area contributed by atoms with Gasteiger partial charge in [0.25, 0.3) is 0 Å². The van der Waals surface area contributed by atoms with Crippen LogP contribution >= 0.6 is 0 Å². The van der Waals surface area contributed by atoms with Gasteiger partial charge in [-0.1, -0.05) is 20.4 Å². The van der Waals surface area contributed by atoms with Crippen molar-refractivity contribution in [3.8, 4) is 0 Å². The third kappa shape index (κ3) is 4.14. The highest BCUT2D eigenvalue weighted by atomic mass is 16.2. The minimum Gasteiger partial charge on any atom is -0.342 e. The summed E-state index contributed by atoms with van der Waals surface area (Å²) in [7, 11) is 0. The molecule has 1 aromatic rings. The van der Waals surface area contributed by atoms with Gasteiger partial charge in [-0.2, -0.15) is 5.10 Å². The van der Waals surface area contributed by atoms with Crippen LogP contribution in [0.1, 0.15) is 57.3 Å². The molecule has 0 saturated carbocycles. The molecule has 1 aromatic heterocycles. The van der Waals surface area contributed by atoms with E-state index in [4.69, 9.17) is 0 Å². The van der Waals surface area contributed by atoms with Crippen molar-refractivity contribution in [2.24, 2.45) is 5.92 Å². The Morgan fingerprint density at radius 1 is 1.19 bits per heavy atom. The van der Waals surface area contributed by atoms with Crippen LogP contribution in [-0.2, 0) is 9.59 Å². The van der Waals surface area contributed by atoms with Crippen LogP contribution < -0.4 is 5.69 Å². The first-order valence-electron chi connectivity index (χ1n) is 9.79. The monoisotopic (exact) mass is 375 g/mol. The van der Waals surface area contributed by atoms with Crippen LogP contribution in [0, 0.1) is 5.92 Å². The molecule has 1 unspecified atom stereocenters. The number of likely N-dealkylation sites (tertiary alicyclic amines) is 2. The highest BCUT2D eigenvalue weighted by molar-refractivity contribution is 5.88. The van der Waals surface area contributed by atoms with Gasteiger partial charge in [0.2, 0.25) is 11.8 Å². The molecular formula is C19H29N5O3. The second-order valence-corrected chi connectivity index (χ2v) is 7.80. The van der Waals surface area contributed by atoms with Crippen LogP contribution in [0.15, 0.2) is 17.4 Å². The molecule has 8 nitrogen and oxygen atoms in total. The van der Waals surface area contributed by atoms with Crippen molar-refractivity contribution in [2.45, 2.75) is 51.5 Å². The number of carbonyl (C=O) groups excluding carboxylic acids is 2. The Morgan fingerprint density at radius 2 is 1.89 bits per heavy atom. The fraction of sp³-hybridized carbons (Fsp3) is 0.684. The first-order valence-corrected chi connectivity index (χ1v) is 9.79. The van der Waals surface area contributed by atoms with Crippen molar-refractivity contribution >= 4 is 11.8 Å². The first kappa shape index (κ1) is 19.4. The molecule has 1 N–H and O–H groups in total. The maximum Gasteiger partial charge on any atom is 0.343 e. The molecular weight excluding hydrogens is 346 g/mol. The summed E-state index contributed by atoms with van der Waals surface area (Å²) in [6, 6.07) is 0.0236. The van der Waals surface area contributed by atoms with Crippen molar-refractivity contribution in [2.75, 3.05) is 26.2 Å². The molecule has 2 aliphatic rings. The number of aromatic nitrogens is 3. The molecule has 0 radical (unpaired) electrons. The van der Waals surface area contributed by atoms with E-state index in [1.165, 1.54) is 6.08 Å². The van der Waals surface area contributed by atoms with E-state index in [1.807, 2.05) is 18.7 Å². The molecule has 2 fully saturated rings. The average Bonchev–Trinajstić information content (AvgIpc) is 3.09. The molecule has 8 heteroatoms. The second-order valence-electron chi connectivity index (χ2n) is 7.80. The van der Waals surface area contributed by atoms with Crippen LogP contribution in [0.4, 0.5) is 0 Å². The number of rotatable bonds is 4. The SMILES string of the molecule is C=CC(=O)N1CCCC(C(=O)N2CCC(n3nc(C(C)C)[nH]c3=O)CC2)C1. The Hall–Kier alpha value is -2.38. The summed E-state index contributed by atoms with van der Waals surface area (Å²) in [5.74, 6) is 0.748. The van der Waals surface area contributed by atoms with E-state index in [0.29, 0.717) is 32.0 Å². The Bertz CT molecular complexity index is 758. The maximum atomic E-state index is 12.9. The molecule has 0 spiro atoms. The van der Waals surface area contributed by atoms with Crippen molar-refractivity contribution in [1.82, 2.24) is 24.6 Å². The van der Waals surface area contributed by atoms with Crippen LogP contribution in [0.2, 0.25) is 0 Å². The van der Waals surface area contributed by atoms with Crippen molar-refractivity contribution in [1.29, 1.82) is 0 Å². The smallest absolute Gasteiger partial charge is 0.342 e. The Kier molecular flexibility index (Phi) is 5.82. The lowest BCUT2D eigenvalue weighted by molar-refractivity contribution is -0.140. The highest BCUT2D eigenvalue weighted by Crippen LogP contribution is 2.25. The normalized spacial score (nSPS) is 21.5. The van der Waals surface area contributed by atoms with E-state index in [1.54, 1.807) is 9.58 Å². The summed E-state index contributed by atoms with van der Waals surface area (Å²) >= 11 is 0. The lowest BCUT2D eigenvalue weighted by Crippen LogP contribution is -2.48. The molecule has 2 saturated heterocycles. The summed E-state index contributed by atoms with van der Waals surface area (Å²) < 4.78 is 1.54. The molecule has 3 heterocycles. The van der Waals surface area contributed by atoms with E-state index in [0.717, 1.165) is 25.7 Å². The van der Waals surface area contributed by atoms with Crippen molar-refractivity contribution in [3.05, 3.63) is 29.0 Å². The van der Waals surface area contributed by atoms with Crippen LogP contribution in [0.25, 0.3) is 0 Å². The number of nitrogens with zero attached hydrogens (tertiary/aromatic N) is 4. The third-order valence-corrected chi connectivity index (χ3v) is 5.58. The average molecular weight is 375 g/mol. The number of piperidine rings is 2. The van der Waals surface area contributed by atoms with E-state index in [9.17, 15) is 14.4 Å². The minimum absolute atomic E-state index is 0.0236. The predicted octanol–water partition coefficient (Wildman–Crippen LogP) is 1.28. The number of carbonyl (C=O) groups is 2. The van der Waals surface area contributed by atoms with Gasteiger partial charge in [-0.15, -0.1) is 0 Å². The zero-order valence-corrected chi connectivity index (χ0v) is 16.2. The van der Waals surface area contributed by atoms with Crippen LogP contribution in [0.5, 0.6) is 0 Å². The number of hydrogen-bond donors (Lipinski definition) is 1. The zero-order valence-electron chi connectivity index (χ0n) is 16.2. The fourth-order valence-corrected chi connectivity index (χ4v) is 3.96. The van der Waals surface area contributed by atoms with E-state index in [2.05, 4.69) is 16.7 Å². The molecule has 0 bridgehead atoms. The van der Waals surface area contributed by atoms with Gasteiger partial charge >= 0.3 is 5.69 Å². The number of aromatic amines is 1. The molecule has 148 valence electrons. The predicted molar refractivity (Wildman–Crippen MR) is 101 cm³/mol.